The molecule has 0 amide bonds. The van der Waals surface area contributed by atoms with E-state index in [1.165, 1.54) is 19.3 Å². The average molecular weight is 246 g/mol. The van der Waals surface area contributed by atoms with Gasteiger partial charge in [0, 0.05) is 17.8 Å². The molecule has 0 spiro atoms. The standard InChI is InChI=1S/C15H22N2O/c1-12(18)14-2-4-15(5-3-14)17-11-8-13-6-9-16-10-7-13/h2-5,13,16-17H,6-11H2,1H3. The smallest absolute Gasteiger partial charge is 0.159 e. The maximum absolute atomic E-state index is 11.2. The molecule has 1 aromatic rings. The number of nitrogens with one attached hydrogen (secondary N) is 2. The van der Waals surface area contributed by atoms with Crippen molar-refractivity contribution in [3.63, 3.8) is 0 Å². The fourth-order valence-electron chi connectivity index (χ4n) is 2.41. The van der Waals surface area contributed by atoms with Gasteiger partial charge in [-0.05, 0) is 69.5 Å². The first kappa shape index (κ1) is 13.1. The van der Waals surface area contributed by atoms with Crippen molar-refractivity contribution in [2.45, 2.75) is 26.2 Å². The number of hydrogen-bond donors (Lipinski definition) is 2. The third-order valence-electron chi connectivity index (χ3n) is 3.63. The summed E-state index contributed by atoms with van der Waals surface area (Å²) in [7, 11) is 0. The first-order valence-corrected chi connectivity index (χ1v) is 6.81. The van der Waals surface area contributed by atoms with Gasteiger partial charge < -0.3 is 10.6 Å². The fourth-order valence-corrected chi connectivity index (χ4v) is 2.41. The molecule has 1 aliphatic rings. The van der Waals surface area contributed by atoms with Crippen molar-refractivity contribution >= 4 is 11.5 Å². The number of hydrogen-bond acceptors (Lipinski definition) is 3. The molecule has 2 N–H and O–H groups in total. The number of benzene rings is 1. The van der Waals surface area contributed by atoms with Gasteiger partial charge in [-0.25, -0.2) is 0 Å². The Bertz CT molecular complexity index is 380. The van der Waals surface area contributed by atoms with Crippen molar-refractivity contribution in [2.24, 2.45) is 5.92 Å². The van der Waals surface area contributed by atoms with E-state index >= 15 is 0 Å². The number of rotatable bonds is 5. The molecule has 98 valence electrons. The van der Waals surface area contributed by atoms with Crippen LogP contribution in [0, 0.1) is 5.92 Å². The van der Waals surface area contributed by atoms with Crippen molar-refractivity contribution in [1.82, 2.24) is 5.32 Å². The second kappa shape index (κ2) is 6.55. The summed E-state index contributed by atoms with van der Waals surface area (Å²) in [5.41, 5.74) is 1.88. The summed E-state index contributed by atoms with van der Waals surface area (Å²) in [6, 6.07) is 7.74. The zero-order valence-electron chi connectivity index (χ0n) is 11.0. The molecule has 1 saturated heterocycles. The van der Waals surface area contributed by atoms with E-state index in [4.69, 9.17) is 0 Å². The summed E-state index contributed by atoms with van der Waals surface area (Å²) in [5, 5.41) is 6.81. The van der Waals surface area contributed by atoms with Crippen LogP contribution in [0.15, 0.2) is 24.3 Å². The van der Waals surface area contributed by atoms with Crippen molar-refractivity contribution in [3.8, 4) is 0 Å². The number of piperidine rings is 1. The highest BCUT2D eigenvalue weighted by molar-refractivity contribution is 5.94. The van der Waals surface area contributed by atoms with E-state index in [0.717, 1.165) is 36.8 Å². The molecule has 0 bridgehead atoms. The zero-order chi connectivity index (χ0) is 12.8. The van der Waals surface area contributed by atoms with Crippen LogP contribution >= 0.6 is 0 Å². The maximum atomic E-state index is 11.2. The Hall–Kier alpha value is -1.35. The van der Waals surface area contributed by atoms with Crippen LogP contribution in [-0.4, -0.2) is 25.4 Å². The van der Waals surface area contributed by atoms with Gasteiger partial charge in [0.2, 0.25) is 0 Å². The summed E-state index contributed by atoms with van der Waals surface area (Å²) in [6.45, 7) is 4.94. The molecule has 0 radical (unpaired) electrons. The minimum Gasteiger partial charge on any atom is -0.385 e. The predicted molar refractivity (Wildman–Crippen MR) is 75.1 cm³/mol. The van der Waals surface area contributed by atoms with Gasteiger partial charge >= 0.3 is 0 Å². The van der Waals surface area contributed by atoms with Gasteiger partial charge in [0.25, 0.3) is 0 Å². The van der Waals surface area contributed by atoms with E-state index in [-0.39, 0.29) is 5.78 Å². The van der Waals surface area contributed by atoms with Crippen LogP contribution in [0.5, 0.6) is 0 Å². The van der Waals surface area contributed by atoms with Crippen LogP contribution in [0.1, 0.15) is 36.5 Å². The molecule has 18 heavy (non-hydrogen) atoms. The highest BCUT2D eigenvalue weighted by Crippen LogP contribution is 2.16. The molecule has 0 unspecified atom stereocenters. The average Bonchev–Trinajstić information content (AvgIpc) is 2.40. The monoisotopic (exact) mass is 246 g/mol. The molecule has 2 rings (SSSR count). The molecule has 1 fully saturated rings. The quantitative estimate of drug-likeness (QED) is 0.785. The third kappa shape index (κ3) is 3.84. The summed E-state index contributed by atoms with van der Waals surface area (Å²) >= 11 is 0. The zero-order valence-corrected chi connectivity index (χ0v) is 11.0. The van der Waals surface area contributed by atoms with Crippen LogP contribution in [0.4, 0.5) is 5.69 Å². The first-order valence-electron chi connectivity index (χ1n) is 6.81. The van der Waals surface area contributed by atoms with Crippen LogP contribution in [-0.2, 0) is 0 Å². The molecule has 0 aliphatic carbocycles. The second-order valence-electron chi connectivity index (χ2n) is 5.04. The molecule has 3 heteroatoms. The minimum atomic E-state index is 0.122. The molecule has 0 saturated carbocycles. The van der Waals surface area contributed by atoms with Gasteiger partial charge in [-0.15, -0.1) is 0 Å². The molecule has 0 atom stereocenters. The lowest BCUT2D eigenvalue weighted by Crippen LogP contribution is -2.28. The predicted octanol–water partition coefficient (Wildman–Crippen LogP) is 2.69. The van der Waals surface area contributed by atoms with Crippen LogP contribution < -0.4 is 10.6 Å². The molecular weight excluding hydrogens is 224 g/mol. The van der Waals surface area contributed by atoms with E-state index < -0.39 is 0 Å². The summed E-state index contributed by atoms with van der Waals surface area (Å²) in [6.07, 6.45) is 3.83. The number of Topliss-reactive ketones (excluding diaryl/α,β-unsaturated/α-hetero) is 1. The lowest BCUT2D eigenvalue weighted by molar-refractivity contribution is 0.101. The van der Waals surface area contributed by atoms with Gasteiger partial charge in [-0.3, -0.25) is 4.79 Å². The Morgan fingerprint density at radius 1 is 1.28 bits per heavy atom. The molecular formula is C15H22N2O. The molecule has 3 nitrogen and oxygen atoms in total. The molecule has 1 heterocycles. The molecule has 1 aliphatic heterocycles. The lowest BCUT2D eigenvalue weighted by atomic mass is 9.95. The van der Waals surface area contributed by atoms with Gasteiger partial charge in [0.1, 0.15) is 0 Å². The topological polar surface area (TPSA) is 41.1 Å². The van der Waals surface area contributed by atoms with Crippen molar-refractivity contribution in [2.75, 3.05) is 25.0 Å². The summed E-state index contributed by atoms with van der Waals surface area (Å²) in [4.78, 5) is 11.2. The van der Waals surface area contributed by atoms with Crippen LogP contribution in [0.25, 0.3) is 0 Å². The Morgan fingerprint density at radius 3 is 2.56 bits per heavy atom. The SMILES string of the molecule is CC(=O)c1ccc(NCCC2CCNCC2)cc1. The first-order chi connectivity index (χ1) is 8.75. The number of carbonyl (C=O) groups is 1. The Balaban J connectivity index is 1.74. The lowest BCUT2D eigenvalue weighted by Gasteiger charge is -2.22. The van der Waals surface area contributed by atoms with E-state index in [1.54, 1.807) is 6.92 Å². The van der Waals surface area contributed by atoms with Crippen LogP contribution in [0.2, 0.25) is 0 Å². The largest absolute Gasteiger partial charge is 0.385 e. The summed E-state index contributed by atoms with van der Waals surface area (Å²) < 4.78 is 0. The Morgan fingerprint density at radius 2 is 1.94 bits per heavy atom. The number of carbonyl (C=O) groups excluding carboxylic acids is 1. The van der Waals surface area contributed by atoms with Gasteiger partial charge in [0.15, 0.2) is 5.78 Å². The Labute approximate surface area is 109 Å². The fraction of sp³-hybridized carbons (Fsp3) is 0.533. The van der Waals surface area contributed by atoms with E-state index in [0.29, 0.717) is 0 Å². The third-order valence-corrected chi connectivity index (χ3v) is 3.63. The maximum Gasteiger partial charge on any atom is 0.159 e. The van der Waals surface area contributed by atoms with Crippen molar-refractivity contribution in [3.05, 3.63) is 29.8 Å². The molecule has 0 aromatic heterocycles. The summed E-state index contributed by atoms with van der Waals surface area (Å²) in [5.74, 6) is 0.978. The highest BCUT2D eigenvalue weighted by Gasteiger charge is 2.11. The van der Waals surface area contributed by atoms with E-state index in [1.807, 2.05) is 24.3 Å². The normalized spacial score (nSPS) is 16.5. The van der Waals surface area contributed by atoms with Gasteiger partial charge in [0.05, 0.1) is 0 Å². The second-order valence-corrected chi connectivity index (χ2v) is 5.04. The van der Waals surface area contributed by atoms with Gasteiger partial charge in [-0.2, -0.15) is 0 Å². The minimum absolute atomic E-state index is 0.122. The Kier molecular flexibility index (Phi) is 4.76. The highest BCUT2D eigenvalue weighted by atomic mass is 16.1. The molecule has 1 aromatic carbocycles. The van der Waals surface area contributed by atoms with E-state index in [9.17, 15) is 4.79 Å². The van der Waals surface area contributed by atoms with Crippen LogP contribution in [0.3, 0.4) is 0 Å². The van der Waals surface area contributed by atoms with E-state index in [2.05, 4.69) is 10.6 Å². The number of anilines is 1. The van der Waals surface area contributed by atoms with Crippen molar-refractivity contribution < 1.29 is 4.79 Å². The van der Waals surface area contributed by atoms with Gasteiger partial charge in [-0.1, -0.05) is 0 Å². The van der Waals surface area contributed by atoms with Crippen molar-refractivity contribution in [1.29, 1.82) is 0 Å². The number of ketones is 1.